The van der Waals surface area contributed by atoms with Gasteiger partial charge in [0.15, 0.2) is 11.1 Å². The number of ether oxygens (including phenoxy) is 1. The summed E-state index contributed by atoms with van der Waals surface area (Å²) in [5.41, 5.74) is 0. The smallest absolute Gasteiger partial charge is 0.152 e. The fourth-order valence-electron chi connectivity index (χ4n) is 1.31. The Hall–Kier alpha value is 0.0700. The van der Waals surface area contributed by atoms with Crippen molar-refractivity contribution in [1.82, 2.24) is 0 Å². The van der Waals surface area contributed by atoms with Gasteiger partial charge >= 0.3 is 0 Å². The molecule has 1 rings (SSSR count). The van der Waals surface area contributed by atoms with Crippen LogP contribution in [0, 0.1) is 5.92 Å². The van der Waals surface area contributed by atoms with Crippen LogP contribution in [0.2, 0.25) is 0 Å². The summed E-state index contributed by atoms with van der Waals surface area (Å²) in [5, 5.41) is 0. The van der Waals surface area contributed by atoms with Crippen molar-refractivity contribution in [2.24, 2.45) is 5.92 Å². The van der Waals surface area contributed by atoms with Gasteiger partial charge in [0.1, 0.15) is 0 Å². The van der Waals surface area contributed by atoms with E-state index in [2.05, 4.69) is 0 Å². The quantitative estimate of drug-likeness (QED) is 0.654. The molecule has 66 valence electrons. The Morgan fingerprint density at radius 2 is 2.45 bits per heavy atom. The van der Waals surface area contributed by atoms with Gasteiger partial charge in [-0.1, -0.05) is 0 Å². The molecule has 2 unspecified atom stereocenters. The Kier molecular flexibility index (Phi) is 4.04. The minimum absolute atomic E-state index is 0.413. The van der Waals surface area contributed by atoms with E-state index in [1.54, 1.807) is 0 Å². The summed E-state index contributed by atoms with van der Waals surface area (Å²) in [6, 6.07) is 0. The summed E-state index contributed by atoms with van der Waals surface area (Å²) in [6.07, 6.45) is 3.00. The molecule has 0 aliphatic carbocycles. The number of hydrogen-bond donors (Lipinski definition) is 1. The van der Waals surface area contributed by atoms with Crippen LogP contribution in [-0.2, 0) is 15.8 Å². The molecule has 11 heavy (non-hydrogen) atoms. The molecule has 1 saturated heterocycles. The van der Waals surface area contributed by atoms with Gasteiger partial charge in [0.25, 0.3) is 0 Å². The molecule has 0 spiro atoms. The maximum absolute atomic E-state index is 10.3. The van der Waals surface area contributed by atoms with Crippen molar-refractivity contribution in [2.75, 3.05) is 19.0 Å². The highest BCUT2D eigenvalue weighted by atomic mass is 32.2. The largest absolute Gasteiger partial charge is 0.381 e. The molecule has 1 heterocycles. The molecule has 0 bridgehead atoms. The predicted octanol–water partition coefficient (Wildman–Crippen LogP) is 1.02. The molecule has 1 aliphatic heterocycles. The molecule has 0 radical (unpaired) electrons. The summed E-state index contributed by atoms with van der Waals surface area (Å²) in [7, 11) is 0. The molecule has 0 aromatic heterocycles. The van der Waals surface area contributed by atoms with Crippen LogP contribution in [0.3, 0.4) is 0 Å². The van der Waals surface area contributed by atoms with Crippen molar-refractivity contribution in [3.63, 3.8) is 0 Å². The van der Waals surface area contributed by atoms with E-state index in [4.69, 9.17) is 9.29 Å². The average molecular weight is 178 g/mol. The van der Waals surface area contributed by atoms with Crippen molar-refractivity contribution in [1.29, 1.82) is 0 Å². The molecule has 1 N–H and O–H groups in total. The second-order valence-electron chi connectivity index (χ2n) is 2.90. The van der Waals surface area contributed by atoms with Crippen molar-refractivity contribution >= 4 is 11.1 Å². The first kappa shape index (κ1) is 9.16. The molecule has 0 saturated carbocycles. The molecule has 0 aromatic carbocycles. The normalized spacial score (nSPS) is 27.2. The summed E-state index contributed by atoms with van der Waals surface area (Å²) < 4.78 is 23.9. The van der Waals surface area contributed by atoms with Gasteiger partial charge in [-0.15, -0.1) is 0 Å². The maximum Gasteiger partial charge on any atom is 0.152 e. The Morgan fingerprint density at radius 3 is 3.00 bits per heavy atom. The SMILES string of the molecule is O=S(O)CCCC1CCOC1. The van der Waals surface area contributed by atoms with E-state index in [1.807, 2.05) is 0 Å². The van der Waals surface area contributed by atoms with Gasteiger partial charge < -0.3 is 9.29 Å². The van der Waals surface area contributed by atoms with Crippen LogP contribution in [0.5, 0.6) is 0 Å². The third kappa shape index (κ3) is 3.84. The van der Waals surface area contributed by atoms with Gasteiger partial charge in [0.2, 0.25) is 0 Å². The van der Waals surface area contributed by atoms with Gasteiger partial charge in [-0.2, -0.15) is 0 Å². The average Bonchev–Trinajstić information content (AvgIpc) is 2.39. The van der Waals surface area contributed by atoms with Crippen LogP contribution in [0.15, 0.2) is 0 Å². The fourth-order valence-corrected chi connectivity index (χ4v) is 1.72. The van der Waals surface area contributed by atoms with Gasteiger partial charge in [-0.3, -0.25) is 0 Å². The standard InChI is InChI=1S/C7H14O3S/c8-11(9)5-1-2-7-3-4-10-6-7/h7H,1-6H2,(H,8,9). The summed E-state index contributed by atoms with van der Waals surface area (Å²) >= 11 is -1.61. The van der Waals surface area contributed by atoms with Crippen LogP contribution < -0.4 is 0 Å². The van der Waals surface area contributed by atoms with Gasteiger partial charge in [0, 0.05) is 19.0 Å². The molecule has 0 aromatic rings. The summed E-state index contributed by atoms with van der Waals surface area (Å²) in [6.45, 7) is 1.71. The third-order valence-electron chi connectivity index (χ3n) is 1.96. The molecule has 4 heteroatoms. The molecule has 3 nitrogen and oxygen atoms in total. The van der Waals surface area contributed by atoms with E-state index in [1.165, 1.54) is 0 Å². The minimum Gasteiger partial charge on any atom is -0.381 e. The van der Waals surface area contributed by atoms with Crippen molar-refractivity contribution in [2.45, 2.75) is 19.3 Å². The van der Waals surface area contributed by atoms with E-state index in [9.17, 15) is 4.21 Å². The highest BCUT2D eigenvalue weighted by Gasteiger charge is 2.14. The van der Waals surface area contributed by atoms with E-state index in [0.717, 1.165) is 32.5 Å². The predicted molar refractivity (Wildman–Crippen MR) is 43.8 cm³/mol. The lowest BCUT2D eigenvalue weighted by Gasteiger charge is -2.04. The third-order valence-corrected chi connectivity index (χ3v) is 2.59. The second-order valence-corrected chi connectivity index (χ2v) is 3.95. The van der Waals surface area contributed by atoms with Crippen molar-refractivity contribution in [3.05, 3.63) is 0 Å². The first-order chi connectivity index (χ1) is 5.29. The molecule has 1 fully saturated rings. The molecule has 1 aliphatic rings. The van der Waals surface area contributed by atoms with E-state index in [0.29, 0.717) is 11.7 Å². The topological polar surface area (TPSA) is 46.5 Å². The van der Waals surface area contributed by atoms with Gasteiger partial charge in [0.05, 0.1) is 0 Å². The van der Waals surface area contributed by atoms with Crippen LogP contribution in [0.4, 0.5) is 0 Å². The Balaban J connectivity index is 1.98. The lowest BCUT2D eigenvalue weighted by atomic mass is 10.0. The molecule has 0 amide bonds. The monoisotopic (exact) mass is 178 g/mol. The highest BCUT2D eigenvalue weighted by molar-refractivity contribution is 7.79. The van der Waals surface area contributed by atoms with Crippen molar-refractivity contribution in [3.8, 4) is 0 Å². The Morgan fingerprint density at radius 1 is 1.64 bits per heavy atom. The lowest BCUT2D eigenvalue weighted by Crippen LogP contribution is -2.02. The molecular weight excluding hydrogens is 164 g/mol. The molecule has 2 atom stereocenters. The van der Waals surface area contributed by atoms with Crippen LogP contribution in [0.1, 0.15) is 19.3 Å². The van der Waals surface area contributed by atoms with E-state index in [-0.39, 0.29) is 0 Å². The zero-order valence-electron chi connectivity index (χ0n) is 6.49. The number of rotatable bonds is 4. The van der Waals surface area contributed by atoms with Crippen LogP contribution in [0.25, 0.3) is 0 Å². The van der Waals surface area contributed by atoms with Crippen molar-refractivity contribution < 1.29 is 13.5 Å². The van der Waals surface area contributed by atoms with Gasteiger partial charge in [-0.05, 0) is 25.2 Å². The zero-order chi connectivity index (χ0) is 8.10. The van der Waals surface area contributed by atoms with Gasteiger partial charge in [-0.25, -0.2) is 4.21 Å². The lowest BCUT2D eigenvalue weighted by molar-refractivity contribution is 0.184. The minimum atomic E-state index is -1.61. The first-order valence-electron chi connectivity index (χ1n) is 3.94. The highest BCUT2D eigenvalue weighted by Crippen LogP contribution is 2.17. The van der Waals surface area contributed by atoms with E-state index >= 15 is 0 Å². The van der Waals surface area contributed by atoms with E-state index < -0.39 is 11.1 Å². The summed E-state index contributed by atoms with van der Waals surface area (Å²) in [4.78, 5) is 0. The summed E-state index contributed by atoms with van der Waals surface area (Å²) in [5.74, 6) is 1.05. The Bertz CT molecular complexity index is 132. The Labute approximate surface area is 69.4 Å². The first-order valence-corrected chi connectivity index (χ1v) is 5.22. The zero-order valence-corrected chi connectivity index (χ0v) is 7.31. The fraction of sp³-hybridized carbons (Fsp3) is 1.00. The maximum atomic E-state index is 10.3. The van der Waals surface area contributed by atoms with Crippen LogP contribution in [-0.4, -0.2) is 27.7 Å². The number of hydrogen-bond acceptors (Lipinski definition) is 2. The van der Waals surface area contributed by atoms with Crippen LogP contribution >= 0.6 is 0 Å². The second kappa shape index (κ2) is 4.85. The molecular formula is C7H14O3S.